The zero-order valence-corrected chi connectivity index (χ0v) is 12.3. The van der Waals surface area contributed by atoms with Gasteiger partial charge < -0.3 is 10.1 Å². The second kappa shape index (κ2) is 6.22. The molecule has 0 saturated heterocycles. The van der Waals surface area contributed by atoms with Crippen LogP contribution in [0.5, 0.6) is 5.75 Å². The molecule has 0 aliphatic heterocycles. The van der Waals surface area contributed by atoms with Crippen molar-refractivity contribution in [3.05, 3.63) is 12.4 Å². The molecule has 4 nitrogen and oxygen atoms in total. The zero-order valence-electron chi connectivity index (χ0n) is 12.3. The first kappa shape index (κ1) is 14.1. The van der Waals surface area contributed by atoms with E-state index in [-0.39, 0.29) is 0 Å². The van der Waals surface area contributed by atoms with Crippen LogP contribution in [0.4, 0.5) is 5.95 Å². The van der Waals surface area contributed by atoms with Crippen LogP contribution in [0.2, 0.25) is 0 Å². The average Bonchev–Trinajstić information content (AvgIpc) is 2.85. The molecule has 106 valence electrons. The normalized spacial score (nSPS) is 17.7. The lowest BCUT2D eigenvalue weighted by Crippen LogP contribution is -2.29. The van der Waals surface area contributed by atoms with Gasteiger partial charge in [-0.05, 0) is 30.6 Å². The van der Waals surface area contributed by atoms with Crippen LogP contribution in [0.3, 0.4) is 0 Å². The number of methoxy groups -OCH3 is 1. The van der Waals surface area contributed by atoms with Gasteiger partial charge in [-0.3, -0.25) is 0 Å². The maximum atomic E-state index is 5.07. The van der Waals surface area contributed by atoms with Gasteiger partial charge in [0.1, 0.15) is 0 Å². The summed E-state index contributed by atoms with van der Waals surface area (Å²) < 4.78 is 5.07. The predicted octanol–water partition coefficient (Wildman–Crippen LogP) is 3.50. The number of rotatable bonds is 6. The summed E-state index contributed by atoms with van der Waals surface area (Å²) in [6, 6.07) is 0. The summed E-state index contributed by atoms with van der Waals surface area (Å²) in [5.74, 6) is 2.15. The number of nitrogens with one attached hydrogen (secondary N) is 1. The Labute approximate surface area is 116 Å². The van der Waals surface area contributed by atoms with E-state index in [4.69, 9.17) is 4.74 Å². The van der Waals surface area contributed by atoms with E-state index in [9.17, 15) is 0 Å². The maximum Gasteiger partial charge on any atom is 0.222 e. The molecule has 2 rings (SSSR count). The van der Waals surface area contributed by atoms with Crippen LogP contribution < -0.4 is 10.1 Å². The van der Waals surface area contributed by atoms with Crippen molar-refractivity contribution < 1.29 is 4.74 Å². The quantitative estimate of drug-likeness (QED) is 0.853. The summed E-state index contributed by atoms with van der Waals surface area (Å²) in [6.45, 7) is 5.60. The molecule has 0 radical (unpaired) electrons. The molecule has 1 fully saturated rings. The maximum absolute atomic E-state index is 5.07. The van der Waals surface area contributed by atoms with Gasteiger partial charge in [-0.2, -0.15) is 0 Å². The van der Waals surface area contributed by atoms with Gasteiger partial charge in [-0.25, -0.2) is 9.97 Å². The highest BCUT2D eigenvalue weighted by Gasteiger charge is 2.34. The van der Waals surface area contributed by atoms with Gasteiger partial charge in [0, 0.05) is 6.54 Å². The summed E-state index contributed by atoms with van der Waals surface area (Å²) in [4.78, 5) is 8.55. The van der Waals surface area contributed by atoms with Gasteiger partial charge in [0.05, 0.1) is 19.5 Å². The van der Waals surface area contributed by atoms with E-state index in [0.29, 0.717) is 17.1 Å². The van der Waals surface area contributed by atoms with Crippen molar-refractivity contribution in [3.63, 3.8) is 0 Å². The molecule has 0 unspecified atom stereocenters. The Morgan fingerprint density at radius 1 is 1.26 bits per heavy atom. The summed E-state index contributed by atoms with van der Waals surface area (Å²) in [5, 5.41) is 3.41. The summed E-state index contributed by atoms with van der Waals surface area (Å²) in [6.07, 6.45) is 10.1. The van der Waals surface area contributed by atoms with Crippen molar-refractivity contribution in [2.24, 2.45) is 11.3 Å². The Morgan fingerprint density at radius 3 is 2.42 bits per heavy atom. The molecule has 0 spiro atoms. The predicted molar refractivity (Wildman–Crippen MR) is 77.4 cm³/mol. The van der Waals surface area contributed by atoms with Crippen LogP contribution in [0.1, 0.15) is 46.0 Å². The molecule has 1 heterocycles. The Kier molecular flexibility index (Phi) is 4.61. The van der Waals surface area contributed by atoms with Crippen molar-refractivity contribution in [1.29, 1.82) is 0 Å². The first-order valence-corrected chi connectivity index (χ1v) is 7.23. The number of hydrogen-bond donors (Lipinski definition) is 1. The molecule has 1 saturated carbocycles. The number of hydrogen-bond acceptors (Lipinski definition) is 4. The SMILES string of the molecule is COc1cnc(NCC2(CC(C)C)CCCC2)nc1. The molecule has 1 aromatic heterocycles. The summed E-state index contributed by atoms with van der Waals surface area (Å²) in [5.41, 5.74) is 0.442. The Balaban J connectivity index is 1.94. The van der Waals surface area contributed by atoms with Crippen LogP contribution in [-0.4, -0.2) is 23.6 Å². The highest BCUT2D eigenvalue weighted by molar-refractivity contribution is 5.27. The minimum absolute atomic E-state index is 0.442. The van der Waals surface area contributed by atoms with Crippen molar-refractivity contribution in [1.82, 2.24) is 9.97 Å². The van der Waals surface area contributed by atoms with E-state index in [1.807, 2.05) is 0 Å². The molecule has 4 heteroatoms. The van der Waals surface area contributed by atoms with Gasteiger partial charge in [-0.1, -0.05) is 26.7 Å². The Morgan fingerprint density at radius 2 is 1.89 bits per heavy atom. The highest BCUT2D eigenvalue weighted by Crippen LogP contribution is 2.43. The fourth-order valence-corrected chi connectivity index (χ4v) is 3.22. The third-order valence-electron chi connectivity index (χ3n) is 3.99. The fourth-order valence-electron chi connectivity index (χ4n) is 3.22. The van der Waals surface area contributed by atoms with Crippen molar-refractivity contribution in [2.45, 2.75) is 46.0 Å². The summed E-state index contributed by atoms with van der Waals surface area (Å²) in [7, 11) is 1.63. The largest absolute Gasteiger partial charge is 0.494 e. The lowest BCUT2D eigenvalue weighted by Gasteiger charge is -2.31. The van der Waals surface area contributed by atoms with Crippen LogP contribution in [-0.2, 0) is 0 Å². The molecule has 1 aliphatic rings. The first-order valence-electron chi connectivity index (χ1n) is 7.23. The monoisotopic (exact) mass is 263 g/mol. The molecule has 1 aliphatic carbocycles. The van der Waals surface area contributed by atoms with E-state index >= 15 is 0 Å². The minimum atomic E-state index is 0.442. The van der Waals surface area contributed by atoms with Crippen LogP contribution in [0, 0.1) is 11.3 Å². The zero-order chi connectivity index (χ0) is 13.7. The third kappa shape index (κ3) is 3.82. The molecular formula is C15H25N3O. The molecule has 1 N–H and O–H groups in total. The topological polar surface area (TPSA) is 47.0 Å². The Hall–Kier alpha value is -1.32. The standard InChI is InChI=1S/C15H25N3O/c1-12(2)8-15(6-4-5-7-15)11-18-14-16-9-13(19-3)10-17-14/h9-10,12H,4-8,11H2,1-3H3,(H,16,17,18). The third-order valence-corrected chi connectivity index (χ3v) is 3.99. The molecule has 1 aromatic rings. The van der Waals surface area contributed by atoms with Gasteiger partial charge >= 0.3 is 0 Å². The smallest absolute Gasteiger partial charge is 0.222 e. The second-order valence-electron chi connectivity index (χ2n) is 6.11. The van der Waals surface area contributed by atoms with E-state index in [2.05, 4.69) is 29.1 Å². The number of aromatic nitrogens is 2. The number of anilines is 1. The van der Waals surface area contributed by atoms with Crippen molar-refractivity contribution in [2.75, 3.05) is 19.0 Å². The van der Waals surface area contributed by atoms with Crippen molar-refractivity contribution >= 4 is 5.95 Å². The van der Waals surface area contributed by atoms with E-state index in [1.54, 1.807) is 19.5 Å². The lowest BCUT2D eigenvalue weighted by atomic mass is 9.78. The van der Waals surface area contributed by atoms with Crippen LogP contribution in [0.15, 0.2) is 12.4 Å². The van der Waals surface area contributed by atoms with Crippen molar-refractivity contribution in [3.8, 4) is 5.75 Å². The second-order valence-corrected chi connectivity index (χ2v) is 6.11. The van der Waals surface area contributed by atoms with Crippen LogP contribution >= 0.6 is 0 Å². The summed E-state index contributed by atoms with van der Waals surface area (Å²) >= 11 is 0. The van der Waals surface area contributed by atoms with Gasteiger partial charge in [-0.15, -0.1) is 0 Å². The van der Waals surface area contributed by atoms with Crippen LogP contribution in [0.25, 0.3) is 0 Å². The van der Waals surface area contributed by atoms with Gasteiger partial charge in [0.2, 0.25) is 5.95 Å². The fraction of sp³-hybridized carbons (Fsp3) is 0.733. The first-order chi connectivity index (χ1) is 9.13. The molecular weight excluding hydrogens is 238 g/mol. The minimum Gasteiger partial charge on any atom is -0.494 e. The number of nitrogens with zero attached hydrogens (tertiary/aromatic N) is 2. The molecule has 0 amide bonds. The highest BCUT2D eigenvalue weighted by atomic mass is 16.5. The number of ether oxygens (including phenoxy) is 1. The lowest BCUT2D eigenvalue weighted by molar-refractivity contribution is 0.252. The Bertz CT molecular complexity index is 383. The molecule has 0 bridgehead atoms. The van der Waals surface area contributed by atoms with E-state index < -0.39 is 0 Å². The van der Waals surface area contributed by atoms with E-state index in [0.717, 1.165) is 12.5 Å². The molecule has 0 atom stereocenters. The van der Waals surface area contributed by atoms with Gasteiger partial charge in [0.25, 0.3) is 0 Å². The average molecular weight is 263 g/mol. The molecule has 19 heavy (non-hydrogen) atoms. The molecule has 0 aromatic carbocycles. The van der Waals surface area contributed by atoms with E-state index in [1.165, 1.54) is 32.1 Å². The van der Waals surface area contributed by atoms with Gasteiger partial charge in [0.15, 0.2) is 5.75 Å².